The zero-order valence-corrected chi connectivity index (χ0v) is 16.5. The van der Waals surface area contributed by atoms with Crippen LogP contribution in [0.25, 0.3) is 52.8 Å². The minimum absolute atomic E-state index is 0.799. The molecule has 0 radical (unpaired) electrons. The van der Waals surface area contributed by atoms with E-state index in [1.54, 1.807) is 0 Å². The van der Waals surface area contributed by atoms with Gasteiger partial charge in [0.05, 0.1) is 0 Å². The summed E-state index contributed by atoms with van der Waals surface area (Å²) < 4.78 is 2.67. The Morgan fingerprint density at radius 2 is 1.32 bits per heavy atom. The van der Waals surface area contributed by atoms with Crippen molar-refractivity contribution in [3.63, 3.8) is 0 Å². The summed E-state index contributed by atoms with van der Waals surface area (Å²) >= 11 is 8.30. The highest BCUT2D eigenvalue weighted by molar-refractivity contribution is 7.26. The molecule has 1 heterocycles. The Kier molecular flexibility index (Phi) is 3.49. The van der Waals surface area contributed by atoms with E-state index in [-0.39, 0.29) is 0 Å². The van der Waals surface area contributed by atoms with Gasteiger partial charge in [0.1, 0.15) is 0 Å². The van der Waals surface area contributed by atoms with Crippen LogP contribution in [0, 0.1) is 0 Å². The van der Waals surface area contributed by atoms with Gasteiger partial charge in [-0.3, -0.25) is 0 Å². The molecule has 0 aliphatic heterocycles. The van der Waals surface area contributed by atoms with E-state index in [9.17, 15) is 0 Å². The number of hydrogen-bond donors (Lipinski definition) is 0. The van der Waals surface area contributed by atoms with E-state index < -0.39 is 0 Å². The lowest BCUT2D eigenvalue weighted by molar-refractivity contribution is 1.70. The molecular formula is C26H15ClS. The monoisotopic (exact) mass is 394 g/mol. The lowest BCUT2D eigenvalue weighted by Gasteiger charge is -2.09. The van der Waals surface area contributed by atoms with Crippen molar-refractivity contribution in [3.8, 4) is 11.1 Å². The Balaban J connectivity index is 1.71. The van der Waals surface area contributed by atoms with Crippen LogP contribution in [-0.2, 0) is 0 Å². The SMILES string of the molecule is Clc1ccc(-c2ccc3sc4ccc5ccccc5c4c3c2)c2ccccc12. The topological polar surface area (TPSA) is 0 Å². The molecular weight excluding hydrogens is 380 g/mol. The fraction of sp³-hybridized carbons (Fsp3) is 0. The van der Waals surface area contributed by atoms with Crippen molar-refractivity contribution in [2.24, 2.45) is 0 Å². The van der Waals surface area contributed by atoms with Crippen LogP contribution in [0.3, 0.4) is 0 Å². The van der Waals surface area contributed by atoms with Crippen LogP contribution in [0.15, 0.2) is 91.0 Å². The smallest absolute Gasteiger partial charge is 0.0484 e. The highest BCUT2D eigenvalue weighted by atomic mass is 35.5. The average Bonchev–Trinajstić information content (AvgIpc) is 3.12. The van der Waals surface area contributed by atoms with Gasteiger partial charge < -0.3 is 0 Å². The minimum Gasteiger partial charge on any atom is -0.135 e. The van der Waals surface area contributed by atoms with Gasteiger partial charge in [0.15, 0.2) is 0 Å². The molecule has 5 aromatic carbocycles. The summed E-state index contributed by atoms with van der Waals surface area (Å²) in [5, 5.41) is 8.39. The summed E-state index contributed by atoms with van der Waals surface area (Å²) in [5.74, 6) is 0. The van der Waals surface area contributed by atoms with Crippen LogP contribution in [0.1, 0.15) is 0 Å². The quantitative estimate of drug-likeness (QED) is 0.261. The first-order chi connectivity index (χ1) is 13.8. The van der Waals surface area contributed by atoms with E-state index in [0.29, 0.717) is 0 Å². The molecule has 0 unspecified atom stereocenters. The molecule has 0 spiro atoms. The van der Waals surface area contributed by atoms with Gasteiger partial charge in [-0.15, -0.1) is 11.3 Å². The molecule has 1 aromatic heterocycles. The molecule has 0 aliphatic carbocycles. The van der Waals surface area contributed by atoms with Gasteiger partial charge in [-0.05, 0) is 51.6 Å². The number of halogens is 1. The van der Waals surface area contributed by atoms with Crippen molar-refractivity contribution < 1.29 is 0 Å². The van der Waals surface area contributed by atoms with Gasteiger partial charge in [0.2, 0.25) is 0 Å². The van der Waals surface area contributed by atoms with Crippen LogP contribution < -0.4 is 0 Å². The molecule has 0 amide bonds. The zero-order valence-electron chi connectivity index (χ0n) is 14.9. The molecule has 28 heavy (non-hydrogen) atoms. The largest absolute Gasteiger partial charge is 0.135 e. The normalized spacial score (nSPS) is 11.8. The van der Waals surface area contributed by atoms with Gasteiger partial charge in [0.25, 0.3) is 0 Å². The van der Waals surface area contributed by atoms with Crippen LogP contribution in [0.4, 0.5) is 0 Å². The van der Waals surface area contributed by atoms with Gasteiger partial charge in [0, 0.05) is 30.6 Å². The van der Waals surface area contributed by atoms with Crippen LogP contribution in [-0.4, -0.2) is 0 Å². The third-order valence-electron chi connectivity index (χ3n) is 5.54. The molecule has 0 bridgehead atoms. The zero-order chi connectivity index (χ0) is 18.7. The predicted octanol–water partition coefficient (Wildman–Crippen LogP) is 8.68. The minimum atomic E-state index is 0.799. The van der Waals surface area contributed by atoms with E-state index in [2.05, 4.69) is 78.9 Å². The molecule has 0 saturated carbocycles. The number of rotatable bonds is 1. The molecule has 0 fully saturated rings. The number of benzene rings is 5. The summed E-state index contributed by atoms with van der Waals surface area (Å²) in [6, 6.07) is 32.5. The second-order valence-electron chi connectivity index (χ2n) is 7.11. The third kappa shape index (κ3) is 2.30. The molecule has 6 rings (SSSR count). The molecule has 2 heteroatoms. The molecule has 132 valence electrons. The van der Waals surface area contributed by atoms with Gasteiger partial charge >= 0.3 is 0 Å². The number of thiophene rings is 1. The standard InChI is InChI=1S/C26H15ClS/c27-23-12-11-18(20-7-3-4-8-21(20)23)17-10-13-24-22(15-17)26-19-6-2-1-5-16(19)9-14-25(26)28-24/h1-15H. The highest BCUT2D eigenvalue weighted by Gasteiger charge is 2.12. The van der Waals surface area contributed by atoms with Crippen molar-refractivity contribution >= 4 is 64.7 Å². The van der Waals surface area contributed by atoms with E-state index in [1.165, 1.54) is 47.5 Å². The van der Waals surface area contributed by atoms with Crippen molar-refractivity contribution in [2.75, 3.05) is 0 Å². The van der Waals surface area contributed by atoms with E-state index in [1.807, 2.05) is 23.5 Å². The summed E-state index contributed by atoms with van der Waals surface area (Å²) in [5.41, 5.74) is 2.45. The lowest BCUT2D eigenvalue weighted by Crippen LogP contribution is -1.82. The maximum absolute atomic E-state index is 6.44. The molecule has 0 N–H and O–H groups in total. The van der Waals surface area contributed by atoms with Crippen LogP contribution in [0.5, 0.6) is 0 Å². The third-order valence-corrected chi connectivity index (χ3v) is 7.01. The Bertz CT molecular complexity index is 1520. The van der Waals surface area contributed by atoms with Crippen molar-refractivity contribution in [1.29, 1.82) is 0 Å². The average molecular weight is 395 g/mol. The van der Waals surface area contributed by atoms with Crippen molar-refractivity contribution in [3.05, 3.63) is 96.0 Å². The first kappa shape index (κ1) is 16.1. The maximum atomic E-state index is 6.44. The Morgan fingerprint density at radius 3 is 2.21 bits per heavy atom. The molecule has 0 atom stereocenters. The maximum Gasteiger partial charge on any atom is 0.0484 e. The second-order valence-corrected chi connectivity index (χ2v) is 8.60. The Hall–Kier alpha value is -2.87. The first-order valence-corrected chi connectivity index (χ1v) is 10.5. The predicted molar refractivity (Wildman–Crippen MR) is 125 cm³/mol. The van der Waals surface area contributed by atoms with E-state index in [4.69, 9.17) is 11.6 Å². The fourth-order valence-corrected chi connectivity index (χ4v) is 5.56. The second kappa shape index (κ2) is 6.07. The summed E-state index contributed by atoms with van der Waals surface area (Å²) in [6.45, 7) is 0. The summed E-state index contributed by atoms with van der Waals surface area (Å²) in [7, 11) is 0. The van der Waals surface area contributed by atoms with Crippen LogP contribution in [0.2, 0.25) is 5.02 Å². The summed E-state index contributed by atoms with van der Waals surface area (Å²) in [6.07, 6.45) is 0. The van der Waals surface area contributed by atoms with Gasteiger partial charge in [-0.25, -0.2) is 0 Å². The van der Waals surface area contributed by atoms with E-state index in [0.717, 1.165) is 10.4 Å². The molecule has 6 aromatic rings. The van der Waals surface area contributed by atoms with Crippen molar-refractivity contribution in [1.82, 2.24) is 0 Å². The number of fused-ring (bicyclic) bond motifs is 6. The Labute approximate surface area is 171 Å². The molecule has 0 nitrogen and oxygen atoms in total. The molecule has 0 saturated heterocycles. The van der Waals surface area contributed by atoms with E-state index >= 15 is 0 Å². The van der Waals surface area contributed by atoms with Gasteiger partial charge in [-0.2, -0.15) is 0 Å². The lowest BCUT2D eigenvalue weighted by atomic mass is 9.96. The highest BCUT2D eigenvalue weighted by Crippen LogP contribution is 2.41. The number of hydrogen-bond acceptors (Lipinski definition) is 1. The summed E-state index contributed by atoms with van der Waals surface area (Å²) in [4.78, 5) is 0. The molecule has 0 aliphatic rings. The van der Waals surface area contributed by atoms with Gasteiger partial charge in [-0.1, -0.05) is 78.3 Å². The fourth-order valence-electron chi connectivity index (χ4n) is 4.23. The Morgan fingerprint density at radius 1 is 0.571 bits per heavy atom. The van der Waals surface area contributed by atoms with Crippen molar-refractivity contribution in [2.45, 2.75) is 0 Å². The van der Waals surface area contributed by atoms with Crippen LogP contribution >= 0.6 is 22.9 Å². The first-order valence-electron chi connectivity index (χ1n) is 9.31.